The molecule has 7 nitrogen and oxygen atoms in total. The van der Waals surface area contributed by atoms with E-state index in [0.29, 0.717) is 24.2 Å². The van der Waals surface area contributed by atoms with Crippen LogP contribution in [0.2, 0.25) is 0 Å². The van der Waals surface area contributed by atoms with Crippen LogP contribution in [0.3, 0.4) is 0 Å². The summed E-state index contributed by atoms with van der Waals surface area (Å²) in [4.78, 5) is 13.0. The maximum atomic E-state index is 13.2. The van der Waals surface area contributed by atoms with Crippen molar-refractivity contribution in [3.05, 3.63) is 59.7 Å². The highest BCUT2D eigenvalue weighted by atomic mass is 32.2. The van der Waals surface area contributed by atoms with E-state index in [4.69, 9.17) is 4.74 Å². The van der Waals surface area contributed by atoms with E-state index in [1.165, 1.54) is 23.5 Å². The number of carbonyl (C=O) groups is 1. The Bertz CT molecular complexity index is 1020. The van der Waals surface area contributed by atoms with E-state index in [1.807, 2.05) is 18.2 Å². The van der Waals surface area contributed by atoms with Crippen LogP contribution in [0.4, 0.5) is 0 Å². The second-order valence-corrected chi connectivity index (χ2v) is 9.56. The molecule has 0 aliphatic carbocycles. The second kappa shape index (κ2) is 7.44. The number of aryl methyl sites for hydroxylation is 1. The van der Waals surface area contributed by atoms with E-state index < -0.39 is 15.6 Å². The fourth-order valence-electron chi connectivity index (χ4n) is 4.34. The predicted molar refractivity (Wildman–Crippen MR) is 107 cm³/mol. The monoisotopic (exact) mass is 416 g/mol. The summed E-state index contributed by atoms with van der Waals surface area (Å²) >= 11 is 0. The van der Waals surface area contributed by atoms with Gasteiger partial charge in [-0.05, 0) is 48.7 Å². The van der Waals surface area contributed by atoms with Crippen LogP contribution in [0.5, 0.6) is 5.75 Å². The smallest absolute Gasteiger partial charge is 0.252 e. The lowest BCUT2D eigenvalue weighted by molar-refractivity contribution is 0.0848. The van der Waals surface area contributed by atoms with Gasteiger partial charge in [0, 0.05) is 31.2 Å². The molecule has 0 radical (unpaired) electrons. The first-order valence-corrected chi connectivity index (χ1v) is 11.0. The molecule has 154 valence electrons. The predicted octanol–water partition coefficient (Wildman–Crippen LogP) is 1.42. The number of nitrogens with zero attached hydrogens (tertiary/aromatic N) is 1. The molecule has 29 heavy (non-hydrogen) atoms. The van der Waals surface area contributed by atoms with Crippen LogP contribution in [0.25, 0.3) is 0 Å². The number of aliphatic hydroxyl groups excluding tert-OH is 1. The topological polar surface area (TPSA) is 95.9 Å². The van der Waals surface area contributed by atoms with Crippen molar-refractivity contribution in [3.63, 3.8) is 0 Å². The van der Waals surface area contributed by atoms with Crippen LogP contribution < -0.4 is 10.1 Å². The van der Waals surface area contributed by atoms with Crippen LogP contribution in [0.15, 0.2) is 53.4 Å². The average Bonchev–Trinajstić information content (AvgIpc) is 3.04. The van der Waals surface area contributed by atoms with Gasteiger partial charge in [-0.15, -0.1) is 0 Å². The molecule has 0 unspecified atom stereocenters. The van der Waals surface area contributed by atoms with E-state index in [1.54, 1.807) is 18.2 Å². The normalized spacial score (nSPS) is 24.8. The van der Waals surface area contributed by atoms with Crippen molar-refractivity contribution in [1.29, 1.82) is 0 Å². The van der Waals surface area contributed by atoms with Crippen molar-refractivity contribution in [1.82, 2.24) is 9.62 Å². The van der Waals surface area contributed by atoms with E-state index in [2.05, 4.69) is 5.32 Å². The second-order valence-electron chi connectivity index (χ2n) is 7.62. The number of ether oxygens (including phenoxy) is 1. The first kappa shape index (κ1) is 19.9. The Morgan fingerprint density at radius 2 is 1.93 bits per heavy atom. The van der Waals surface area contributed by atoms with Gasteiger partial charge in [-0.25, -0.2) is 8.42 Å². The Morgan fingerprint density at radius 1 is 1.21 bits per heavy atom. The lowest BCUT2D eigenvalue weighted by Crippen LogP contribution is -2.54. The third-order valence-electron chi connectivity index (χ3n) is 6.05. The third kappa shape index (κ3) is 3.41. The van der Waals surface area contributed by atoms with E-state index >= 15 is 0 Å². The van der Waals surface area contributed by atoms with Crippen molar-refractivity contribution in [2.24, 2.45) is 5.92 Å². The summed E-state index contributed by atoms with van der Waals surface area (Å²) in [5.41, 5.74) is 0.747. The molecule has 2 aliphatic heterocycles. The number of amides is 1. The molecule has 1 saturated heterocycles. The molecule has 2 aromatic carbocycles. The summed E-state index contributed by atoms with van der Waals surface area (Å²) in [5.74, 6) is -0.0297. The zero-order valence-corrected chi connectivity index (χ0v) is 17.0. The van der Waals surface area contributed by atoms with Gasteiger partial charge >= 0.3 is 0 Å². The highest BCUT2D eigenvalue weighted by Crippen LogP contribution is 2.37. The molecule has 1 amide bonds. The molecule has 1 fully saturated rings. The largest absolute Gasteiger partial charge is 0.497 e. The van der Waals surface area contributed by atoms with E-state index in [-0.39, 0.29) is 36.4 Å². The summed E-state index contributed by atoms with van der Waals surface area (Å²) < 4.78 is 32.9. The third-order valence-corrected chi connectivity index (χ3v) is 7.87. The lowest BCUT2D eigenvalue weighted by Gasteiger charge is -2.33. The van der Waals surface area contributed by atoms with Crippen molar-refractivity contribution >= 4 is 15.9 Å². The minimum Gasteiger partial charge on any atom is -0.497 e. The molecule has 0 bridgehead atoms. The summed E-state index contributed by atoms with van der Waals surface area (Å²) in [6, 6.07) is 13.6. The summed E-state index contributed by atoms with van der Waals surface area (Å²) in [6.45, 7) is 0.0824. The van der Waals surface area contributed by atoms with Crippen molar-refractivity contribution in [3.8, 4) is 5.75 Å². The Morgan fingerprint density at radius 3 is 2.62 bits per heavy atom. The molecule has 2 atom stereocenters. The molecule has 2 aromatic rings. The Kier molecular flexibility index (Phi) is 5.10. The van der Waals surface area contributed by atoms with Gasteiger partial charge in [-0.2, -0.15) is 4.31 Å². The number of rotatable bonds is 4. The van der Waals surface area contributed by atoms with Crippen molar-refractivity contribution in [2.75, 3.05) is 26.8 Å². The molecule has 4 rings (SSSR count). The van der Waals surface area contributed by atoms with Crippen molar-refractivity contribution in [2.45, 2.75) is 23.3 Å². The molecule has 0 aromatic heterocycles. The molecular weight excluding hydrogens is 392 g/mol. The van der Waals surface area contributed by atoms with E-state index in [9.17, 15) is 18.3 Å². The first-order chi connectivity index (χ1) is 13.9. The Hall–Kier alpha value is -2.42. The lowest BCUT2D eigenvalue weighted by atomic mass is 9.83. The summed E-state index contributed by atoms with van der Waals surface area (Å²) in [5, 5.41) is 13.1. The molecular formula is C21H24N2O5S. The number of benzene rings is 2. The summed E-state index contributed by atoms with van der Waals surface area (Å²) in [6.07, 6.45) is 1.21. The van der Waals surface area contributed by atoms with Gasteiger partial charge in [-0.1, -0.05) is 18.2 Å². The molecule has 1 spiro atoms. The number of aliphatic hydroxyl groups is 1. The maximum absolute atomic E-state index is 13.2. The molecule has 2 N–H and O–H groups in total. The van der Waals surface area contributed by atoms with Gasteiger partial charge in [0.15, 0.2) is 0 Å². The minimum absolute atomic E-state index is 0.131. The van der Waals surface area contributed by atoms with E-state index in [0.717, 1.165) is 5.56 Å². The van der Waals surface area contributed by atoms with Gasteiger partial charge in [0.25, 0.3) is 5.91 Å². The highest BCUT2D eigenvalue weighted by molar-refractivity contribution is 7.89. The van der Waals surface area contributed by atoms with Gasteiger partial charge in [0.1, 0.15) is 5.75 Å². The quantitative estimate of drug-likeness (QED) is 0.786. The van der Waals surface area contributed by atoms with Crippen LogP contribution in [0.1, 0.15) is 22.3 Å². The maximum Gasteiger partial charge on any atom is 0.252 e. The highest BCUT2D eigenvalue weighted by Gasteiger charge is 2.51. The van der Waals surface area contributed by atoms with Crippen LogP contribution >= 0.6 is 0 Å². The number of hydrogen-bond acceptors (Lipinski definition) is 5. The minimum atomic E-state index is -3.76. The van der Waals surface area contributed by atoms with Crippen LogP contribution in [-0.4, -0.2) is 56.1 Å². The molecule has 0 saturated carbocycles. The Balaban J connectivity index is 1.64. The number of fused-ring (bicyclic) bond motifs is 1. The standard InChI is InChI=1S/C21H24N2O5S/c1-28-17-6-8-18(9-7-17)29(26,27)23-12-16(13-24)21(14-23)11-10-15-4-2-3-5-19(15)20(25)22-21/h2-9,16,24H,10-14H2,1H3,(H,22,25)/t16-,21+/m0/s1. The first-order valence-electron chi connectivity index (χ1n) is 9.55. The molecule has 2 heterocycles. The number of methoxy groups -OCH3 is 1. The van der Waals surface area contributed by atoms with Crippen LogP contribution in [-0.2, 0) is 16.4 Å². The zero-order chi connectivity index (χ0) is 20.6. The molecule has 2 aliphatic rings. The Labute approximate surface area is 170 Å². The fourth-order valence-corrected chi connectivity index (χ4v) is 5.89. The number of hydrogen-bond donors (Lipinski definition) is 2. The number of sulfonamides is 1. The SMILES string of the molecule is COc1ccc(S(=O)(=O)N2C[C@@H](CO)[C@@]3(CCc4ccccc4C(=O)N3)C2)cc1. The van der Waals surface area contributed by atoms with Gasteiger partial charge in [0.2, 0.25) is 10.0 Å². The average molecular weight is 416 g/mol. The fraction of sp³-hybridized carbons (Fsp3) is 0.381. The summed E-state index contributed by atoms with van der Waals surface area (Å²) in [7, 11) is -2.24. The van der Waals surface area contributed by atoms with Crippen molar-refractivity contribution < 1.29 is 23.1 Å². The van der Waals surface area contributed by atoms with Gasteiger partial charge in [-0.3, -0.25) is 4.79 Å². The van der Waals surface area contributed by atoms with Crippen LogP contribution in [0, 0.1) is 5.92 Å². The van der Waals surface area contributed by atoms with Gasteiger partial charge in [0.05, 0.1) is 17.5 Å². The number of nitrogens with one attached hydrogen (secondary N) is 1. The zero-order valence-electron chi connectivity index (χ0n) is 16.2. The molecule has 8 heteroatoms. The number of carbonyl (C=O) groups excluding carboxylic acids is 1. The van der Waals surface area contributed by atoms with Gasteiger partial charge < -0.3 is 15.2 Å².